The second-order valence-electron chi connectivity index (χ2n) is 5.75. The molecule has 2 aromatic rings. The number of nitrogens with zero attached hydrogens (tertiary/aromatic N) is 1. The van der Waals surface area contributed by atoms with Gasteiger partial charge >= 0.3 is 0 Å². The van der Waals surface area contributed by atoms with Gasteiger partial charge in [0.05, 0.1) is 5.69 Å². The first-order chi connectivity index (χ1) is 10.7. The molecule has 0 amide bonds. The molecule has 116 valence electrons. The summed E-state index contributed by atoms with van der Waals surface area (Å²) in [5, 5.41) is 0. The number of hydrogen-bond donors (Lipinski definition) is 0. The van der Waals surface area contributed by atoms with Crippen LogP contribution in [0.15, 0.2) is 36.5 Å². The minimum Gasteiger partial charge on any atom is -0.257 e. The van der Waals surface area contributed by atoms with Crippen LogP contribution in [0.1, 0.15) is 54.1 Å². The molecule has 1 aromatic carbocycles. The normalized spacial score (nSPS) is 11.7. The van der Waals surface area contributed by atoms with E-state index in [0.29, 0.717) is 5.88 Å². The van der Waals surface area contributed by atoms with Gasteiger partial charge in [0.2, 0.25) is 0 Å². The van der Waals surface area contributed by atoms with Crippen LogP contribution in [0.2, 0.25) is 0 Å². The van der Waals surface area contributed by atoms with Gasteiger partial charge in [0.25, 0.3) is 0 Å². The molecule has 22 heavy (non-hydrogen) atoms. The standard InChI is InChI=1S/C20H24ClN/c1-4-5-8-19(18-9-6-7-17(12-18)14-21)13-20-16(3)15(2)10-11-22-20/h6-7,9-13H,4-5,8,14H2,1-3H3/b19-13+. The molecule has 0 atom stereocenters. The maximum atomic E-state index is 5.98. The lowest BCUT2D eigenvalue weighted by Gasteiger charge is -2.11. The van der Waals surface area contributed by atoms with Crippen molar-refractivity contribution in [3.63, 3.8) is 0 Å². The zero-order valence-corrected chi connectivity index (χ0v) is 14.5. The fraction of sp³-hybridized carbons (Fsp3) is 0.350. The summed E-state index contributed by atoms with van der Waals surface area (Å²) in [5.74, 6) is 0.552. The molecule has 0 unspecified atom stereocenters. The van der Waals surface area contributed by atoms with E-state index < -0.39 is 0 Å². The molecule has 0 saturated carbocycles. The second kappa shape index (κ2) is 8.14. The van der Waals surface area contributed by atoms with Gasteiger partial charge in [0, 0.05) is 12.1 Å². The number of hydrogen-bond acceptors (Lipinski definition) is 1. The van der Waals surface area contributed by atoms with Crippen LogP contribution in [0.25, 0.3) is 11.6 Å². The van der Waals surface area contributed by atoms with Crippen LogP contribution in [-0.4, -0.2) is 4.98 Å². The van der Waals surface area contributed by atoms with Gasteiger partial charge in [0.15, 0.2) is 0 Å². The Morgan fingerprint density at radius 2 is 2.05 bits per heavy atom. The van der Waals surface area contributed by atoms with Crippen molar-refractivity contribution in [1.29, 1.82) is 0 Å². The first kappa shape index (κ1) is 16.8. The van der Waals surface area contributed by atoms with Crippen molar-refractivity contribution in [1.82, 2.24) is 4.98 Å². The van der Waals surface area contributed by atoms with Crippen molar-refractivity contribution in [3.8, 4) is 0 Å². The first-order valence-electron chi connectivity index (χ1n) is 7.93. The van der Waals surface area contributed by atoms with E-state index >= 15 is 0 Å². The zero-order valence-electron chi connectivity index (χ0n) is 13.7. The summed E-state index contributed by atoms with van der Waals surface area (Å²) < 4.78 is 0. The molecule has 0 fully saturated rings. The molecule has 0 bridgehead atoms. The molecule has 0 aliphatic carbocycles. The summed E-state index contributed by atoms with van der Waals surface area (Å²) in [6.45, 7) is 6.50. The van der Waals surface area contributed by atoms with E-state index in [1.165, 1.54) is 35.1 Å². The van der Waals surface area contributed by atoms with E-state index in [1.807, 2.05) is 6.20 Å². The average molecular weight is 314 g/mol. The van der Waals surface area contributed by atoms with Crippen molar-refractivity contribution in [3.05, 3.63) is 64.5 Å². The van der Waals surface area contributed by atoms with Gasteiger partial charge in [-0.05, 0) is 66.7 Å². The molecule has 0 saturated heterocycles. The van der Waals surface area contributed by atoms with Gasteiger partial charge < -0.3 is 0 Å². The summed E-state index contributed by atoms with van der Waals surface area (Å²) in [7, 11) is 0. The number of unbranched alkanes of at least 4 members (excludes halogenated alkanes) is 1. The lowest BCUT2D eigenvalue weighted by Crippen LogP contribution is -1.93. The quantitative estimate of drug-likeness (QED) is 0.581. The minimum absolute atomic E-state index is 0.552. The van der Waals surface area contributed by atoms with Crippen LogP contribution in [-0.2, 0) is 5.88 Å². The summed E-state index contributed by atoms with van der Waals surface area (Å²) in [6.07, 6.45) is 7.57. The molecule has 2 rings (SSSR count). The average Bonchev–Trinajstić information content (AvgIpc) is 2.55. The Morgan fingerprint density at radius 1 is 1.23 bits per heavy atom. The van der Waals surface area contributed by atoms with E-state index in [9.17, 15) is 0 Å². The van der Waals surface area contributed by atoms with E-state index in [1.54, 1.807) is 0 Å². The van der Waals surface area contributed by atoms with Crippen molar-refractivity contribution in [2.24, 2.45) is 0 Å². The number of rotatable bonds is 6. The molecule has 0 aliphatic heterocycles. The smallest absolute Gasteiger partial charge is 0.0664 e. The maximum Gasteiger partial charge on any atom is 0.0664 e. The van der Waals surface area contributed by atoms with E-state index in [4.69, 9.17) is 11.6 Å². The van der Waals surface area contributed by atoms with Crippen LogP contribution >= 0.6 is 11.6 Å². The lowest BCUT2D eigenvalue weighted by molar-refractivity contribution is 0.825. The minimum atomic E-state index is 0.552. The molecular formula is C20H24ClN. The molecule has 0 spiro atoms. The Labute approximate surface area is 139 Å². The molecule has 1 aromatic heterocycles. The topological polar surface area (TPSA) is 12.9 Å². The first-order valence-corrected chi connectivity index (χ1v) is 8.47. The van der Waals surface area contributed by atoms with Gasteiger partial charge in [0.1, 0.15) is 0 Å². The highest BCUT2D eigenvalue weighted by Gasteiger charge is 2.06. The summed E-state index contributed by atoms with van der Waals surface area (Å²) >= 11 is 5.98. The SMILES string of the molecule is CCCC/C(=C\c1nccc(C)c1C)c1cccc(CCl)c1. The highest BCUT2D eigenvalue weighted by atomic mass is 35.5. The second-order valence-corrected chi connectivity index (χ2v) is 6.01. The Kier molecular flexibility index (Phi) is 6.21. The van der Waals surface area contributed by atoms with Crippen LogP contribution in [0, 0.1) is 13.8 Å². The highest BCUT2D eigenvalue weighted by molar-refractivity contribution is 6.17. The van der Waals surface area contributed by atoms with Crippen molar-refractivity contribution < 1.29 is 0 Å². The number of pyridine rings is 1. The van der Waals surface area contributed by atoms with Gasteiger partial charge in [-0.15, -0.1) is 11.6 Å². The number of aryl methyl sites for hydroxylation is 1. The Bertz CT molecular complexity index is 659. The largest absolute Gasteiger partial charge is 0.257 e. The predicted molar refractivity (Wildman–Crippen MR) is 97.1 cm³/mol. The lowest BCUT2D eigenvalue weighted by atomic mass is 9.96. The van der Waals surface area contributed by atoms with E-state index in [2.05, 4.69) is 62.2 Å². The van der Waals surface area contributed by atoms with E-state index in [-0.39, 0.29) is 0 Å². The molecule has 0 aliphatic rings. The number of allylic oxidation sites excluding steroid dienone is 1. The monoisotopic (exact) mass is 313 g/mol. The molecule has 1 nitrogen and oxygen atoms in total. The number of aromatic nitrogens is 1. The number of alkyl halides is 1. The van der Waals surface area contributed by atoms with Crippen molar-refractivity contribution in [2.45, 2.75) is 45.9 Å². The van der Waals surface area contributed by atoms with Gasteiger partial charge in [-0.1, -0.05) is 37.6 Å². The van der Waals surface area contributed by atoms with Gasteiger partial charge in [-0.25, -0.2) is 0 Å². The third-order valence-electron chi connectivity index (χ3n) is 4.08. The van der Waals surface area contributed by atoms with Gasteiger partial charge in [-0.3, -0.25) is 4.98 Å². The summed E-state index contributed by atoms with van der Waals surface area (Å²) in [6, 6.07) is 10.6. The van der Waals surface area contributed by atoms with Crippen LogP contribution in [0.3, 0.4) is 0 Å². The predicted octanol–water partition coefficient (Wildman–Crippen LogP) is 6.17. The number of benzene rings is 1. The number of halogens is 1. The Hall–Kier alpha value is -1.60. The molecule has 0 N–H and O–H groups in total. The Balaban J connectivity index is 2.44. The van der Waals surface area contributed by atoms with Crippen LogP contribution in [0.5, 0.6) is 0 Å². The third kappa shape index (κ3) is 4.20. The zero-order chi connectivity index (χ0) is 15.9. The van der Waals surface area contributed by atoms with Crippen molar-refractivity contribution >= 4 is 23.3 Å². The van der Waals surface area contributed by atoms with Gasteiger partial charge in [-0.2, -0.15) is 0 Å². The Morgan fingerprint density at radius 3 is 2.77 bits per heavy atom. The van der Waals surface area contributed by atoms with Crippen molar-refractivity contribution in [2.75, 3.05) is 0 Å². The molecule has 1 heterocycles. The molecule has 2 heteroatoms. The van der Waals surface area contributed by atoms with Crippen LogP contribution in [0.4, 0.5) is 0 Å². The highest BCUT2D eigenvalue weighted by Crippen LogP contribution is 2.26. The summed E-state index contributed by atoms with van der Waals surface area (Å²) in [5.41, 5.74) is 7.37. The van der Waals surface area contributed by atoms with E-state index in [0.717, 1.165) is 17.7 Å². The third-order valence-corrected chi connectivity index (χ3v) is 4.39. The molecule has 0 radical (unpaired) electrons. The maximum absolute atomic E-state index is 5.98. The fourth-order valence-corrected chi connectivity index (χ4v) is 2.65. The van der Waals surface area contributed by atoms with Crippen LogP contribution < -0.4 is 0 Å². The molecular weight excluding hydrogens is 290 g/mol. The fourth-order valence-electron chi connectivity index (χ4n) is 2.49. The summed E-state index contributed by atoms with van der Waals surface area (Å²) in [4.78, 5) is 4.55.